The number of hydrogen-bond donors (Lipinski definition) is 8. The van der Waals surface area contributed by atoms with Gasteiger partial charge in [0.05, 0.1) is 31.3 Å². The molecule has 0 spiro atoms. The molecule has 0 heterocycles. The minimum absolute atomic E-state index is 0.0873. The number of carboxylic acid groups (broad SMARTS) is 3. The van der Waals surface area contributed by atoms with Gasteiger partial charge >= 0.3 is 17.9 Å². The Morgan fingerprint density at radius 3 is 1.24 bits per heavy atom. The van der Waals surface area contributed by atoms with Crippen LogP contribution in [0.5, 0.6) is 0 Å². The Balaban J connectivity index is 2.35. The summed E-state index contributed by atoms with van der Waals surface area (Å²) in [5, 5.41) is 40.4. The number of Topliss-reactive ketones (excluding diaryl/α,β-unsaturated/α-hetero) is 1. The van der Waals surface area contributed by atoms with E-state index < -0.39 is 91.0 Å². The summed E-state index contributed by atoms with van der Waals surface area (Å²) in [5.74, 6) is -8.81. The second-order valence-electron chi connectivity index (χ2n) is 12.1. The van der Waals surface area contributed by atoms with Crippen LogP contribution in [0.15, 0.2) is 60.7 Å². The summed E-state index contributed by atoms with van der Waals surface area (Å²) >= 11 is 0. The quantitative estimate of drug-likeness (QED) is 0.0814. The van der Waals surface area contributed by atoms with Crippen LogP contribution < -0.4 is 26.6 Å². The van der Waals surface area contributed by atoms with E-state index in [1.807, 2.05) is 0 Å². The van der Waals surface area contributed by atoms with E-state index in [9.17, 15) is 53.7 Å². The Labute approximate surface area is 294 Å². The van der Waals surface area contributed by atoms with Crippen LogP contribution in [-0.2, 0) is 51.2 Å². The first-order chi connectivity index (χ1) is 24.1. The lowest BCUT2D eigenvalue weighted by atomic mass is 9.99. The Morgan fingerprint density at radius 2 is 0.843 bits per heavy atom. The van der Waals surface area contributed by atoms with E-state index in [0.717, 1.165) is 5.56 Å². The molecular weight excluding hydrogens is 666 g/mol. The summed E-state index contributed by atoms with van der Waals surface area (Å²) in [6, 6.07) is 9.73. The average molecular weight is 712 g/mol. The van der Waals surface area contributed by atoms with Crippen molar-refractivity contribution in [3.05, 3.63) is 71.8 Å². The predicted molar refractivity (Wildman–Crippen MR) is 182 cm³/mol. The molecule has 0 saturated carbocycles. The number of amides is 4. The predicted octanol–water partition coefficient (Wildman–Crippen LogP) is 0.181. The normalized spacial score (nSPS) is 13.8. The molecule has 0 aliphatic carbocycles. The lowest BCUT2D eigenvalue weighted by Gasteiger charge is -2.26. The molecule has 0 bridgehead atoms. The summed E-state index contributed by atoms with van der Waals surface area (Å²) < 4.78 is 0. The van der Waals surface area contributed by atoms with Gasteiger partial charge in [-0.2, -0.15) is 0 Å². The van der Waals surface area contributed by atoms with Gasteiger partial charge in [-0.25, -0.2) is 0 Å². The third-order valence-electron chi connectivity index (χ3n) is 7.51. The highest BCUT2D eigenvalue weighted by atomic mass is 16.4. The standard InChI is InChI=1S/C35H45N5O11/c1-4-28(41)23(15-21-11-7-5-8-12-21)37-32(48)24(16-22-13-9-6-10-14-22)38-34(50)26(18-30(44)45)40-35(51)27(19-31(46)47)39-33(49)25(17-29(42)43)36-20(2)3/h5-14,20,23-27,36H,4,15-19H2,1-3H3,(H,37,48)(H,38,50)(H,39,49)(H,40,51)(H,42,43)(H,44,45)(H,46,47). The van der Waals surface area contributed by atoms with Crippen molar-refractivity contribution in [3.63, 3.8) is 0 Å². The number of rotatable bonds is 22. The Morgan fingerprint density at radius 1 is 0.510 bits per heavy atom. The second-order valence-corrected chi connectivity index (χ2v) is 12.1. The largest absolute Gasteiger partial charge is 0.481 e. The second kappa shape index (κ2) is 20.8. The fourth-order valence-electron chi connectivity index (χ4n) is 5.06. The van der Waals surface area contributed by atoms with Gasteiger partial charge in [0.25, 0.3) is 0 Å². The highest BCUT2D eigenvalue weighted by Gasteiger charge is 2.34. The van der Waals surface area contributed by atoms with Gasteiger partial charge in [-0.3, -0.25) is 38.4 Å². The molecular formula is C35H45N5O11. The first-order valence-electron chi connectivity index (χ1n) is 16.3. The zero-order valence-corrected chi connectivity index (χ0v) is 28.6. The average Bonchev–Trinajstić information content (AvgIpc) is 3.06. The minimum atomic E-state index is -1.85. The van der Waals surface area contributed by atoms with Crippen molar-refractivity contribution < 1.29 is 53.7 Å². The van der Waals surface area contributed by atoms with Crippen LogP contribution >= 0.6 is 0 Å². The first-order valence-corrected chi connectivity index (χ1v) is 16.3. The molecule has 0 radical (unpaired) electrons. The highest BCUT2D eigenvalue weighted by molar-refractivity contribution is 5.98. The van der Waals surface area contributed by atoms with Crippen LogP contribution in [0.2, 0.25) is 0 Å². The van der Waals surface area contributed by atoms with E-state index in [1.54, 1.807) is 81.4 Å². The number of ketones is 1. The number of carbonyl (C=O) groups excluding carboxylic acids is 5. The van der Waals surface area contributed by atoms with Crippen LogP contribution in [-0.4, -0.2) is 98.9 Å². The summed E-state index contributed by atoms with van der Waals surface area (Å²) in [7, 11) is 0. The number of aliphatic carboxylic acids is 3. The van der Waals surface area contributed by atoms with Gasteiger partial charge in [0.15, 0.2) is 5.78 Å². The summed E-state index contributed by atoms with van der Waals surface area (Å²) in [5.41, 5.74) is 1.38. The number of carbonyl (C=O) groups is 8. The van der Waals surface area contributed by atoms with E-state index >= 15 is 0 Å². The smallest absolute Gasteiger partial charge is 0.305 e. The first kappa shape index (κ1) is 41.5. The maximum atomic E-state index is 13.7. The Kier molecular flexibility index (Phi) is 16.9. The van der Waals surface area contributed by atoms with Crippen LogP contribution in [0.25, 0.3) is 0 Å². The molecule has 0 aliphatic heterocycles. The van der Waals surface area contributed by atoms with Crippen molar-refractivity contribution in [1.82, 2.24) is 26.6 Å². The zero-order chi connectivity index (χ0) is 38.1. The van der Waals surface area contributed by atoms with Crippen molar-refractivity contribution in [2.45, 2.75) is 95.5 Å². The maximum Gasteiger partial charge on any atom is 0.305 e. The van der Waals surface area contributed by atoms with Crippen LogP contribution in [0.3, 0.4) is 0 Å². The summed E-state index contributed by atoms with van der Waals surface area (Å²) in [4.78, 5) is 101. The highest BCUT2D eigenvalue weighted by Crippen LogP contribution is 2.10. The van der Waals surface area contributed by atoms with Crippen LogP contribution in [0, 0.1) is 0 Å². The van der Waals surface area contributed by atoms with Gasteiger partial charge < -0.3 is 41.9 Å². The molecule has 0 saturated heterocycles. The molecule has 2 rings (SSSR count). The van der Waals surface area contributed by atoms with Crippen molar-refractivity contribution in [3.8, 4) is 0 Å². The van der Waals surface area contributed by atoms with Crippen molar-refractivity contribution >= 4 is 47.3 Å². The number of carboxylic acids is 3. The van der Waals surface area contributed by atoms with Crippen molar-refractivity contribution in [1.29, 1.82) is 0 Å². The molecule has 2 aromatic rings. The fraction of sp³-hybridized carbons (Fsp3) is 0.429. The van der Waals surface area contributed by atoms with E-state index in [0.29, 0.717) is 5.56 Å². The molecule has 0 aromatic heterocycles. The lowest BCUT2D eigenvalue weighted by Crippen LogP contribution is -2.60. The zero-order valence-electron chi connectivity index (χ0n) is 28.6. The van der Waals surface area contributed by atoms with Crippen molar-refractivity contribution in [2.75, 3.05) is 0 Å². The van der Waals surface area contributed by atoms with E-state index in [1.165, 1.54) is 0 Å². The van der Waals surface area contributed by atoms with Crippen molar-refractivity contribution in [2.24, 2.45) is 0 Å². The molecule has 5 unspecified atom stereocenters. The van der Waals surface area contributed by atoms with Crippen LogP contribution in [0.1, 0.15) is 57.6 Å². The molecule has 16 heteroatoms. The number of benzene rings is 2. The number of hydrogen-bond acceptors (Lipinski definition) is 9. The van der Waals surface area contributed by atoms with E-state index in [2.05, 4.69) is 26.6 Å². The topological polar surface area (TPSA) is 257 Å². The Hall–Kier alpha value is -5.64. The Bertz CT molecular complexity index is 1540. The molecule has 276 valence electrons. The minimum Gasteiger partial charge on any atom is -0.481 e. The third kappa shape index (κ3) is 15.2. The summed E-state index contributed by atoms with van der Waals surface area (Å²) in [6.07, 6.45) is -2.49. The van der Waals surface area contributed by atoms with Gasteiger partial charge in [0.2, 0.25) is 23.6 Å². The summed E-state index contributed by atoms with van der Waals surface area (Å²) in [6.45, 7) is 4.91. The molecule has 51 heavy (non-hydrogen) atoms. The molecule has 2 aromatic carbocycles. The van der Waals surface area contributed by atoms with E-state index in [4.69, 9.17) is 0 Å². The molecule has 8 N–H and O–H groups in total. The van der Waals surface area contributed by atoms with Gasteiger partial charge in [-0.15, -0.1) is 0 Å². The lowest BCUT2D eigenvalue weighted by molar-refractivity contribution is -0.144. The number of nitrogens with one attached hydrogen (secondary N) is 5. The van der Waals surface area contributed by atoms with Gasteiger partial charge in [-0.05, 0) is 17.5 Å². The SMILES string of the molecule is CCC(=O)C(Cc1ccccc1)NC(=O)C(Cc1ccccc1)NC(=O)C(CC(=O)O)NC(=O)C(CC(=O)O)NC(=O)C(CC(=O)O)NC(C)C. The fourth-order valence-corrected chi connectivity index (χ4v) is 5.06. The van der Waals surface area contributed by atoms with Crippen LogP contribution in [0.4, 0.5) is 0 Å². The monoisotopic (exact) mass is 711 g/mol. The molecule has 16 nitrogen and oxygen atoms in total. The van der Waals surface area contributed by atoms with Gasteiger partial charge in [-0.1, -0.05) is 81.4 Å². The van der Waals surface area contributed by atoms with Gasteiger partial charge in [0, 0.05) is 18.9 Å². The third-order valence-corrected chi connectivity index (χ3v) is 7.51. The molecule has 0 fully saturated rings. The van der Waals surface area contributed by atoms with Gasteiger partial charge in [0.1, 0.15) is 18.1 Å². The maximum absolute atomic E-state index is 13.7. The van der Waals surface area contributed by atoms with E-state index in [-0.39, 0.29) is 31.1 Å². The molecule has 0 aliphatic rings. The molecule has 4 amide bonds. The molecule has 5 atom stereocenters.